The second-order valence-electron chi connectivity index (χ2n) is 6.08. The van der Waals surface area contributed by atoms with Crippen LogP contribution in [0.3, 0.4) is 0 Å². The Morgan fingerprint density at radius 3 is 3.08 bits per heavy atom. The largest absolute Gasteiger partial charge is 0.372 e. The molecule has 0 saturated carbocycles. The molecule has 2 atom stereocenters. The highest BCUT2D eigenvalue weighted by Gasteiger charge is 2.31. The Balaban J connectivity index is 1.54. The minimum absolute atomic E-state index is 0.0930. The second kappa shape index (κ2) is 6.49. The lowest BCUT2D eigenvalue weighted by Crippen LogP contribution is -2.20. The number of fused-ring (bicyclic) bond motifs is 1. The molecule has 0 radical (unpaired) electrons. The Morgan fingerprint density at radius 2 is 2.29 bits per heavy atom. The summed E-state index contributed by atoms with van der Waals surface area (Å²) in [5.74, 6) is 2.24. The summed E-state index contributed by atoms with van der Waals surface area (Å²) in [6, 6.07) is 4.13. The molecule has 3 aromatic heterocycles. The molecule has 0 spiro atoms. The van der Waals surface area contributed by atoms with Gasteiger partial charge in [0.1, 0.15) is 22.6 Å². The molecule has 0 unspecified atom stereocenters. The van der Waals surface area contributed by atoms with Crippen LogP contribution in [0.15, 0.2) is 23.7 Å². The molecule has 1 fully saturated rings. The van der Waals surface area contributed by atoms with Crippen LogP contribution >= 0.6 is 11.3 Å². The standard InChI is InChI=1S/C17H21N5OS/c1-3-14-20-16(12-6-9-24-17(12)21-14)18-10-11-5-8-23-15(11)13-4-7-19-22(13)2/h4,6-7,9,11,15H,3,5,8,10H2,1-2H3,(H,18,20,21)/t11-,15+/m0/s1. The molecule has 1 aliphatic heterocycles. The zero-order valence-electron chi connectivity index (χ0n) is 13.9. The third-order valence-corrected chi connectivity index (χ3v) is 5.39. The van der Waals surface area contributed by atoms with Crippen LogP contribution in [0.25, 0.3) is 10.2 Å². The first-order valence-electron chi connectivity index (χ1n) is 8.33. The molecule has 24 heavy (non-hydrogen) atoms. The fourth-order valence-corrected chi connectivity index (χ4v) is 4.04. The van der Waals surface area contributed by atoms with Gasteiger partial charge in [0.25, 0.3) is 0 Å². The van der Waals surface area contributed by atoms with Crippen LogP contribution in [-0.2, 0) is 18.2 Å². The van der Waals surface area contributed by atoms with Gasteiger partial charge in [-0.15, -0.1) is 11.3 Å². The first-order valence-corrected chi connectivity index (χ1v) is 9.21. The van der Waals surface area contributed by atoms with Crippen LogP contribution in [0.2, 0.25) is 0 Å². The van der Waals surface area contributed by atoms with Crippen LogP contribution in [0.5, 0.6) is 0 Å². The fraction of sp³-hybridized carbons (Fsp3) is 0.471. The predicted octanol–water partition coefficient (Wildman–Crippen LogP) is 3.18. The maximum absolute atomic E-state index is 5.97. The van der Waals surface area contributed by atoms with Crippen molar-refractivity contribution in [1.82, 2.24) is 19.7 Å². The molecular weight excluding hydrogens is 322 g/mol. The van der Waals surface area contributed by atoms with Crippen molar-refractivity contribution >= 4 is 27.4 Å². The average molecular weight is 343 g/mol. The van der Waals surface area contributed by atoms with E-state index in [0.717, 1.165) is 53.5 Å². The fourth-order valence-electron chi connectivity index (χ4n) is 3.25. The SMILES string of the molecule is CCc1nc(NC[C@@H]2CCO[C@H]2c2ccnn2C)c2ccsc2n1. The number of rotatable bonds is 5. The maximum atomic E-state index is 5.97. The number of nitrogens with one attached hydrogen (secondary N) is 1. The predicted molar refractivity (Wildman–Crippen MR) is 95.3 cm³/mol. The quantitative estimate of drug-likeness (QED) is 0.771. The summed E-state index contributed by atoms with van der Waals surface area (Å²) in [6.07, 6.45) is 3.80. The van der Waals surface area contributed by atoms with E-state index < -0.39 is 0 Å². The van der Waals surface area contributed by atoms with Crippen molar-refractivity contribution in [2.45, 2.75) is 25.9 Å². The third-order valence-electron chi connectivity index (χ3n) is 4.58. The summed E-state index contributed by atoms with van der Waals surface area (Å²) in [5.41, 5.74) is 1.14. The topological polar surface area (TPSA) is 64.9 Å². The van der Waals surface area contributed by atoms with Crippen molar-refractivity contribution in [3.05, 3.63) is 35.2 Å². The molecule has 4 rings (SSSR count). The Kier molecular flexibility index (Phi) is 4.20. The summed E-state index contributed by atoms with van der Waals surface area (Å²) in [6.45, 7) is 3.71. The Hall–Kier alpha value is -1.99. The monoisotopic (exact) mass is 343 g/mol. The van der Waals surface area contributed by atoms with E-state index in [0.29, 0.717) is 5.92 Å². The third kappa shape index (κ3) is 2.78. The van der Waals surface area contributed by atoms with Crippen LogP contribution in [-0.4, -0.2) is 32.9 Å². The molecule has 1 saturated heterocycles. The van der Waals surface area contributed by atoms with Crippen LogP contribution in [0, 0.1) is 5.92 Å². The van der Waals surface area contributed by atoms with E-state index in [-0.39, 0.29) is 6.10 Å². The van der Waals surface area contributed by atoms with Gasteiger partial charge < -0.3 is 10.1 Å². The van der Waals surface area contributed by atoms with E-state index in [1.165, 1.54) is 0 Å². The van der Waals surface area contributed by atoms with Gasteiger partial charge in [-0.3, -0.25) is 4.68 Å². The molecule has 7 heteroatoms. The second-order valence-corrected chi connectivity index (χ2v) is 6.98. The molecule has 0 aromatic carbocycles. The van der Waals surface area contributed by atoms with Crippen molar-refractivity contribution < 1.29 is 4.74 Å². The van der Waals surface area contributed by atoms with Crippen molar-refractivity contribution in [2.24, 2.45) is 13.0 Å². The van der Waals surface area contributed by atoms with Crippen LogP contribution in [0.4, 0.5) is 5.82 Å². The first-order chi connectivity index (χ1) is 11.8. The number of aromatic nitrogens is 4. The van der Waals surface area contributed by atoms with Gasteiger partial charge in [0.05, 0.1) is 11.1 Å². The van der Waals surface area contributed by atoms with Gasteiger partial charge in [0.2, 0.25) is 0 Å². The summed E-state index contributed by atoms with van der Waals surface area (Å²) in [7, 11) is 1.97. The minimum Gasteiger partial charge on any atom is -0.372 e. The lowest BCUT2D eigenvalue weighted by Gasteiger charge is -2.19. The van der Waals surface area contributed by atoms with Gasteiger partial charge in [0.15, 0.2) is 0 Å². The molecule has 1 aliphatic rings. The lowest BCUT2D eigenvalue weighted by atomic mass is 9.99. The number of aryl methyl sites for hydroxylation is 2. The van der Waals surface area contributed by atoms with Crippen molar-refractivity contribution in [1.29, 1.82) is 0 Å². The highest BCUT2D eigenvalue weighted by atomic mass is 32.1. The Bertz CT molecular complexity index is 842. The smallest absolute Gasteiger partial charge is 0.138 e. The molecule has 3 aromatic rings. The van der Waals surface area contributed by atoms with Gasteiger partial charge in [-0.25, -0.2) is 9.97 Å². The highest BCUT2D eigenvalue weighted by molar-refractivity contribution is 7.16. The molecule has 126 valence electrons. The van der Waals surface area contributed by atoms with E-state index >= 15 is 0 Å². The van der Waals surface area contributed by atoms with Gasteiger partial charge in [-0.1, -0.05) is 6.92 Å². The average Bonchev–Trinajstić information content (AvgIpc) is 3.32. The number of thiophene rings is 1. The molecular formula is C17H21N5OS. The van der Waals surface area contributed by atoms with Crippen molar-refractivity contribution in [3.63, 3.8) is 0 Å². The number of anilines is 1. The first kappa shape index (κ1) is 15.5. The molecule has 6 nitrogen and oxygen atoms in total. The zero-order chi connectivity index (χ0) is 16.5. The van der Waals surface area contributed by atoms with Crippen LogP contribution in [0.1, 0.15) is 31.0 Å². The van der Waals surface area contributed by atoms with Gasteiger partial charge >= 0.3 is 0 Å². The highest BCUT2D eigenvalue weighted by Crippen LogP contribution is 2.35. The minimum atomic E-state index is 0.0930. The zero-order valence-corrected chi connectivity index (χ0v) is 14.7. The van der Waals surface area contributed by atoms with E-state index in [9.17, 15) is 0 Å². The maximum Gasteiger partial charge on any atom is 0.138 e. The van der Waals surface area contributed by atoms with E-state index in [1.54, 1.807) is 11.3 Å². The molecule has 0 amide bonds. The Labute approximate surface area is 144 Å². The van der Waals surface area contributed by atoms with Crippen LogP contribution < -0.4 is 5.32 Å². The van der Waals surface area contributed by atoms with Gasteiger partial charge in [-0.2, -0.15) is 5.10 Å². The van der Waals surface area contributed by atoms with E-state index in [2.05, 4.69) is 38.8 Å². The number of hydrogen-bond donors (Lipinski definition) is 1. The van der Waals surface area contributed by atoms with E-state index in [4.69, 9.17) is 4.74 Å². The summed E-state index contributed by atoms with van der Waals surface area (Å²) in [5, 5.41) is 11.0. The summed E-state index contributed by atoms with van der Waals surface area (Å²) < 4.78 is 7.87. The molecule has 4 heterocycles. The lowest BCUT2D eigenvalue weighted by molar-refractivity contribution is 0.0866. The molecule has 0 bridgehead atoms. The van der Waals surface area contributed by atoms with Crippen molar-refractivity contribution in [3.8, 4) is 0 Å². The number of hydrogen-bond acceptors (Lipinski definition) is 6. The molecule has 0 aliphatic carbocycles. The Morgan fingerprint density at radius 1 is 1.38 bits per heavy atom. The number of nitrogens with zero attached hydrogens (tertiary/aromatic N) is 4. The van der Waals surface area contributed by atoms with Gasteiger partial charge in [0, 0.05) is 38.7 Å². The molecule has 1 N–H and O–H groups in total. The van der Waals surface area contributed by atoms with Crippen molar-refractivity contribution in [2.75, 3.05) is 18.5 Å². The normalized spacial score (nSPS) is 20.8. The summed E-state index contributed by atoms with van der Waals surface area (Å²) >= 11 is 1.66. The summed E-state index contributed by atoms with van der Waals surface area (Å²) in [4.78, 5) is 10.3. The number of ether oxygens (including phenoxy) is 1. The van der Waals surface area contributed by atoms with Gasteiger partial charge in [-0.05, 0) is 23.9 Å². The van der Waals surface area contributed by atoms with E-state index in [1.807, 2.05) is 24.0 Å².